The van der Waals surface area contributed by atoms with Crippen LogP contribution in [0.3, 0.4) is 0 Å². The molecule has 0 saturated carbocycles. The van der Waals surface area contributed by atoms with Gasteiger partial charge in [0.1, 0.15) is 5.82 Å². The van der Waals surface area contributed by atoms with Gasteiger partial charge in [-0.15, -0.1) is 11.3 Å². The van der Waals surface area contributed by atoms with E-state index in [9.17, 15) is 0 Å². The standard InChI is InChI=1S/C14H19N3OS/c1-4-11-6-7-12(19-11)14-16-10(9-18-3)8-13(17-14)15-5-2/h6-8H,4-5,9H2,1-3H3,(H,15,16,17). The molecular weight excluding hydrogens is 258 g/mol. The normalized spacial score (nSPS) is 10.7. The average Bonchev–Trinajstić information content (AvgIpc) is 2.88. The maximum Gasteiger partial charge on any atom is 0.171 e. The van der Waals surface area contributed by atoms with Crippen LogP contribution in [0.2, 0.25) is 0 Å². The first-order chi connectivity index (χ1) is 9.26. The first kappa shape index (κ1) is 14.0. The maximum absolute atomic E-state index is 5.16. The molecule has 19 heavy (non-hydrogen) atoms. The number of ether oxygens (including phenoxy) is 1. The van der Waals surface area contributed by atoms with Crippen molar-refractivity contribution < 1.29 is 4.74 Å². The van der Waals surface area contributed by atoms with Crippen LogP contribution in [0.1, 0.15) is 24.4 Å². The van der Waals surface area contributed by atoms with E-state index in [0.29, 0.717) is 6.61 Å². The lowest BCUT2D eigenvalue weighted by Gasteiger charge is -2.07. The molecule has 0 aliphatic heterocycles. The summed E-state index contributed by atoms with van der Waals surface area (Å²) in [6.45, 7) is 5.55. The zero-order chi connectivity index (χ0) is 13.7. The Balaban J connectivity index is 2.36. The number of rotatable bonds is 6. The third-order valence-corrected chi connectivity index (χ3v) is 3.89. The molecule has 4 nitrogen and oxygen atoms in total. The summed E-state index contributed by atoms with van der Waals surface area (Å²) in [4.78, 5) is 11.6. The monoisotopic (exact) mass is 277 g/mol. The number of thiophene rings is 1. The van der Waals surface area contributed by atoms with Crippen LogP contribution in [0.15, 0.2) is 18.2 Å². The van der Waals surface area contributed by atoms with Crippen LogP contribution in [-0.2, 0) is 17.8 Å². The fourth-order valence-electron chi connectivity index (χ4n) is 1.79. The number of anilines is 1. The summed E-state index contributed by atoms with van der Waals surface area (Å²) in [5.41, 5.74) is 0.898. The molecule has 0 aliphatic carbocycles. The van der Waals surface area contributed by atoms with Gasteiger partial charge in [-0.05, 0) is 25.5 Å². The molecule has 5 heteroatoms. The summed E-state index contributed by atoms with van der Waals surface area (Å²) < 4.78 is 5.16. The van der Waals surface area contributed by atoms with Gasteiger partial charge < -0.3 is 10.1 Å². The molecule has 2 heterocycles. The van der Waals surface area contributed by atoms with Gasteiger partial charge in [-0.25, -0.2) is 9.97 Å². The summed E-state index contributed by atoms with van der Waals surface area (Å²) in [7, 11) is 1.68. The molecule has 0 aromatic carbocycles. The van der Waals surface area contributed by atoms with Crippen molar-refractivity contribution in [2.24, 2.45) is 0 Å². The third-order valence-electron chi connectivity index (χ3n) is 2.66. The minimum Gasteiger partial charge on any atom is -0.378 e. The summed E-state index contributed by atoms with van der Waals surface area (Å²) in [6, 6.07) is 6.16. The van der Waals surface area contributed by atoms with Crippen LogP contribution in [-0.4, -0.2) is 23.6 Å². The van der Waals surface area contributed by atoms with Crippen molar-refractivity contribution in [3.05, 3.63) is 28.8 Å². The Kier molecular flexibility index (Phi) is 4.87. The highest BCUT2D eigenvalue weighted by molar-refractivity contribution is 7.15. The van der Waals surface area contributed by atoms with E-state index in [1.54, 1.807) is 18.4 Å². The molecule has 0 atom stereocenters. The predicted octanol–water partition coefficient (Wildman–Crippen LogP) is 3.35. The zero-order valence-electron chi connectivity index (χ0n) is 11.6. The highest BCUT2D eigenvalue weighted by atomic mass is 32.1. The number of aryl methyl sites for hydroxylation is 1. The van der Waals surface area contributed by atoms with Crippen LogP contribution in [0.5, 0.6) is 0 Å². The van der Waals surface area contributed by atoms with E-state index in [0.717, 1.165) is 35.2 Å². The molecule has 0 spiro atoms. The lowest BCUT2D eigenvalue weighted by Crippen LogP contribution is -2.04. The zero-order valence-corrected chi connectivity index (χ0v) is 12.4. The molecule has 2 aromatic heterocycles. The highest BCUT2D eigenvalue weighted by Crippen LogP contribution is 2.27. The molecule has 0 unspecified atom stereocenters. The molecule has 0 fully saturated rings. The molecule has 2 aromatic rings. The number of hydrogen-bond acceptors (Lipinski definition) is 5. The SMILES string of the molecule is CCNc1cc(COC)nc(-c2ccc(CC)s2)n1. The van der Waals surface area contributed by atoms with Crippen LogP contribution in [0, 0.1) is 0 Å². The minimum atomic E-state index is 0.500. The molecule has 0 aliphatic rings. The van der Waals surface area contributed by atoms with Crippen molar-refractivity contribution in [1.82, 2.24) is 9.97 Å². The quantitative estimate of drug-likeness (QED) is 0.879. The van der Waals surface area contributed by atoms with Crippen LogP contribution >= 0.6 is 11.3 Å². The van der Waals surface area contributed by atoms with E-state index in [-0.39, 0.29) is 0 Å². The Bertz CT molecular complexity index is 515. The number of nitrogens with one attached hydrogen (secondary N) is 1. The second-order valence-electron chi connectivity index (χ2n) is 4.15. The largest absolute Gasteiger partial charge is 0.378 e. The Labute approximate surface area is 117 Å². The van der Waals surface area contributed by atoms with Crippen molar-refractivity contribution in [1.29, 1.82) is 0 Å². The van der Waals surface area contributed by atoms with Crippen LogP contribution < -0.4 is 5.32 Å². The first-order valence-corrected chi connectivity index (χ1v) is 7.28. The highest BCUT2D eigenvalue weighted by Gasteiger charge is 2.09. The number of aromatic nitrogens is 2. The van der Waals surface area contributed by atoms with Gasteiger partial charge in [0.25, 0.3) is 0 Å². The summed E-state index contributed by atoms with van der Waals surface area (Å²) in [5.74, 6) is 1.63. The van der Waals surface area contributed by atoms with E-state index in [1.165, 1.54) is 4.88 Å². The van der Waals surface area contributed by atoms with Crippen LogP contribution in [0.25, 0.3) is 10.7 Å². The van der Waals surface area contributed by atoms with Crippen molar-refractivity contribution in [2.75, 3.05) is 19.0 Å². The number of hydrogen-bond donors (Lipinski definition) is 1. The average molecular weight is 277 g/mol. The first-order valence-electron chi connectivity index (χ1n) is 6.46. The van der Waals surface area contributed by atoms with Crippen molar-refractivity contribution in [3.63, 3.8) is 0 Å². The maximum atomic E-state index is 5.16. The van der Waals surface area contributed by atoms with Gasteiger partial charge in [0.15, 0.2) is 5.82 Å². The Morgan fingerprint density at radius 3 is 2.74 bits per heavy atom. The molecule has 102 valence electrons. The Morgan fingerprint density at radius 1 is 1.26 bits per heavy atom. The van der Waals surface area contributed by atoms with Gasteiger partial charge in [0, 0.05) is 24.6 Å². The van der Waals surface area contributed by atoms with Gasteiger partial charge in [-0.2, -0.15) is 0 Å². The van der Waals surface area contributed by atoms with Crippen LogP contribution in [0.4, 0.5) is 5.82 Å². The second kappa shape index (κ2) is 6.63. The number of methoxy groups -OCH3 is 1. The van der Waals surface area contributed by atoms with Gasteiger partial charge in [-0.1, -0.05) is 6.92 Å². The van der Waals surface area contributed by atoms with Gasteiger partial charge >= 0.3 is 0 Å². The molecule has 1 N–H and O–H groups in total. The topological polar surface area (TPSA) is 47.0 Å². The lowest BCUT2D eigenvalue weighted by molar-refractivity contribution is 0.181. The smallest absolute Gasteiger partial charge is 0.171 e. The lowest BCUT2D eigenvalue weighted by atomic mass is 10.3. The molecule has 0 radical (unpaired) electrons. The second-order valence-corrected chi connectivity index (χ2v) is 5.32. The Hall–Kier alpha value is -1.46. The van der Waals surface area contributed by atoms with Crippen molar-refractivity contribution in [2.45, 2.75) is 26.9 Å². The predicted molar refractivity (Wildman–Crippen MR) is 79.6 cm³/mol. The van der Waals surface area contributed by atoms with Gasteiger partial charge in [-0.3, -0.25) is 0 Å². The van der Waals surface area contributed by atoms with Gasteiger partial charge in [0.2, 0.25) is 0 Å². The fraction of sp³-hybridized carbons (Fsp3) is 0.429. The minimum absolute atomic E-state index is 0.500. The number of nitrogens with zero attached hydrogens (tertiary/aromatic N) is 2. The molecule has 0 saturated heterocycles. The van der Waals surface area contributed by atoms with E-state index >= 15 is 0 Å². The molecule has 2 rings (SSSR count). The van der Waals surface area contributed by atoms with E-state index in [2.05, 4.69) is 41.3 Å². The van der Waals surface area contributed by atoms with Crippen molar-refractivity contribution in [3.8, 4) is 10.7 Å². The Morgan fingerprint density at radius 2 is 2.11 bits per heavy atom. The molecule has 0 amide bonds. The van der Waals surface area contributed by atoms with Gasteiger partial charge in [0.05, 0.1) is 17.2 Å². The summed E-state index contributed by atoms with van der Waals surface area (Å²) in [6.07, 6.45) is 1.04. The molecular formula is C14H19N3OS. The molecule has 0 bridgehead atoms. The van der Waals surface area contributed by atoms with E-state index in [4.69, 9.17) is 4.74 Å². The fourth-order valence-corrected chi connectivity index (χ4v) is 2.67. The third kappa shape index (κ3) is 3.52. The summed E-state index contributed by atoms with van der Waals surface area (Å²) in [5, 5.41) is 3.24. The van der Waals surface area contributed by atoms with Crippen molar-refractivity contribution >= 4 is 17.2 Å². The summed E-state index contributed by atoms with van der Waals surface area (Å²) >= 11 is 1.75. The van der Waals surface area contributed by atoms with E-state index in [1.807, 2.05) is 6.07 Å². The van der Waals surface area contributed by atoms with E-state index < -0.39 is 0 Å².